The predicted molar refractivity (Wildman–Crippen MR) is 125 cm³/mol. The van der Waals surface area contributed by atoms with Crippen molar-refractivity contribution in [1.82, 2.24) is 15.2 Å². The standard InChI is InChI=1S/C20H15BrN4OS3/c1-12-19(29-20(22-12)16-3-2-10-27-16)15-8-9-18(25-24-15)28-11-17(26)23-14-6-4-13(21)5-7-14/h2-10H,11H2,1H3,(H,23,26). The van der Waals surface area contributed by atoms with E-state index in [1.54, 1.807) is 22.7 Å². The molecule has 1 N–H and O–H groups in total. The minimum absolute atomic E-state index is 0.0814. The summed E-state index contributed by atoms with van der Waals surface area (Å²) in [7, 11) is 0. The van der Waals surface area contributed by atoms with Crippen LogP contribution in [0.5, 0.6) is 0 Å². The smallest absolute Gasteiger partial charge is 0.234 e. The highest BCUT2D eigenvalue weighted by Crippen LogP contribution is 2.36. The van der Waals surface area contributed by atoms with Gasteiger partial charge in [-0.05, 0) is 54.8 Å². The zero-order chi connectivity index (χ0) is 20.2. The molecular weight excluding hydrogens is 488 g/mol. The van der Waals surface area contributed by atoms with Gasteiger partial charge in [-0.3, -0.25) is 4.79 Å². The second-order valence-corrected chi connectivity index (χ2v) is 9.87. The lowest BCUT2D eigenvalue weighted by Crippen LogP contribution is -2.14. The molecule has 0 bridgehead atoms. The second kappa shape index (κ2) is 9.17. The molecule has 5 nitrogen and oxygen atoms in total. The van der Waals surface area contributed by atoms with E-state index in [-0.39, 0.29) is 11.7 Å². The lowest BCUT2D eigenvalue weighted by molar-refractivity contribution is -0.113. The Labute approximate surface area is 188 Å². The Hall–Kier alpha value is -2.07. The molecule has 3 heterocycles. The van der Waals surface area contributed by atoms with Crippen molar-refractivity contribution in [1.29, 1.82) is 0 Å². The molecule has 1 aromatic carbocycles. The van der Waals surface area contributed by atoms with E-state index in [1.165, 1.54) is 11.8 Å². The SMILES string of the molecule is Cc1nc(-c2cccs2)sc1-c1ccc(SCC(=O)Nc2ccc(Br)cc2)nn1. The first-order valence-electron chi connectivity index (χ1n) is 8.62. The molecule has 4 rings (SSSR count). The number of nitrogens with zero attached hydrogens (tertiary/aromatic N) is 3. The van der Waals surface area contributed by atoms with Gasteiger partial charge >= 0.3 is 0 Å². The van der Waals surface area contributed by atoms with Gasteiger partial charge in [-0.2, -0.15) is 0 Å². The third-order valence-corrected chi connectivity index (χ3v) is 7.55. The number of anilines is 1. The van der Waals surface area contributed by atoms with Gasteiger partial charge in [0.2, 0.25) is 5.91 Å². The lowest BCUT2D eigenvalue weighted by Gasteiger charge is -2.05. The lowest BCUT2D eigenvalue weighted by atomic mass is 10.3. The van der Waals surface area contributed by atoms with Gasteiger partial charge in [0, 0.05) is 10.2 Å². The molecule has 146 valence electrons. The van der Waals surface area contributed by atoms with Gasteiger partial charge in [-0.25, -0.2) is 4.98 Å². The molecule has 0 aliphatic rings. The molecule has 0 saturated heterocycles. The molecule has 0 radical (unpaired) electrons. The van der Waals surface area contributed by atoms with Crippen LogP contribution in [0.4, 0.5) is 5.69 Å². The summed E-state index contributed by atoms with van der Waals surface area (Å²) in [5.74, 6) is 0.189. The summed E-state index contributed by atoms with van der Waals surface area (Å²) >= 11 is 8.03. The predicted octanol–water partition coefficient (Wildman–Crippen LogP) is 6.13. The minimum Gasteiger partial charge on any atom is -0.325 e. The fourth-order valence-electron chi connectivity index (χ4n) is 2.53. The van der Waals surface area contributed by atoms with Gasteiger partial charge in [-0.15, -0.1) is 32.9 Å². The van der Waals surface area contributed by atoms with E-state index in [2.05, 4.69) is 42.5 Å². The van der Waals surface area contributed by atoms with E-state index >= 15 is 0 Å². The van der Waals surface area contributed by atoms with Crippen molar-refractivity contribution in [3.05, 3.63) is 64.1 Å². The van der Waals surface area contributed by atoms with E-state index in [9.17, 15) is 4.79 Å². The Kier molecular flexibility index (Phi) is 6.39. The molecule has 3 aromatic heterocycles. The quantitative estimate of drug-likeness (QED) is 0.321. The summed E-state index contributed by atoms with van der Waals surface area (Å²) in [5, 5.41) is 15.2. The highest BCUT2D eigenvalue weighted by molar-refractivity contribution is 9.10. The van der Waals surface area contributed by atoms with Crippen LogP contribution in [-0.4, -0.2) is 26.8 Å². The number of thiophene rings is 1. The van der Waals surface area contributed by atoms with Crippen LogP contribution < -0.4 is 5.32 Å². The summed E-state index contributed by atoms with van der Waals surface area (Å²) in [4.78, 5) is 19.0. The maximum Gasteiger partial charge on any atom is 0.234 e. The molecule has 0 spiro atoms. The van der Waals surface area contributed by atoms with Crippen molar-refractivity contribution >= 4 is 62.0 Å². The number of benzene rings is 1. The van der Waals surface area contributed by atoms with E-state index in [1.807, 2.05) is 54.8 Å². The summed E-state index contributed by atoms with van der Waals surface area (Å²) < 4.78 is 0.971. The van der Waals surface area contributed by atoms with E-state index < -0.39 is 0 Å². The minimum atomic E-state index is -0.0814. The number of hydrogen-bond acceptors (Lipinski definition) is 7. The maximum atomic E-state index is 12.1. The first-order valence-corrected chi connectivity index (χ1v) is 12.1. The summed E-state index contributed by atoms with van der Waals surface area (Å²) in [5.41, 5.74) is 2.51. The largest absolute Gasteiger partial charge is 0.325 e. The first kappa shape index (κ1) is 20.2. The van der Waals surface area contributed by atoms with Crippen LogP contribution >= 0.6 is 50.4 Å². The molecule has 29 heavy (non-hydrogen) atoms. The number of carbonyl (C=O) groups excluding carboxylic acids is 1. The third-order valence-electron chi connectivity index (χ3n) is 3.88. The van der Waals surface area contributed by atoms with Gasteiger partial charge in [0.05, 0.1) is 21.2 Å². The molecule has 0 fully saturated rings. The number of hydrogen-bond donors (Lipinski definition) is 1. The number of nitrogens with one attached hydrogen (secondary N) is 1. The maximum absolute atomic E-state index is 12.1. The molecule has 0 saturated carbocycles. The Morgan fingerprint density at radius 3 is 2.66 bits per heavy atom. The average molecular weight is 503 g/mol. The van der Waals surface area contributed by atoms with E-state index in [0.717, 1.165) is 36.3 Å². The zero-order valence-electron chi connectivity index (χ0n) is 15.3. The molecule has 9 heteroatoms. The number of amides is 1. The van der Waals surface area contributed by atoms with E-state index in [0.29, 0.717) is 5.03 Å². The van der Waals surface area contributed by atoms with E-state index in [4.69, 9.17) is 0 Å². The van der Waals surface area contributed by atoms with Crippen LogP contribution in [0.1, 0.15) is 5.69 Å². The number of thioether (sulfide) groups is 1. The van der Waals surface area contributed by atoms with Crippen LogP contribution in [0, 0.1) is 6.92 Å². The topological polar surface area (TPSA) is 67.8 Å². The summed E-state index contributed by atoms with van der Waals surface area (Å²) in [6.07, 6.45) is 0. The highest BCUT2D eigenvalue weighted by atomic mass is 79.9. The third kappa shape index (κ3) is 5.11. The van der Waals surface area contributed by atoms with Gasteiger partial charge in [0.25, 0.3) is 0 Å². The monoisotopic (exact) mass is 502 g/mol. The fraction of sp³-hybridized carbons (Fsp3) is 0.100. The van der Waals surface area contributed by atoms with Crippen LogP contribution in [0.25, 0.3) is 20.5 Å². The van der Waals surface area contributed by atoms with Crippen LogP contribution in [0.15, 0.2) is 63.4 Å². The van der Waals surface area contributed by atoms with Gasteiger partial charge in [0.15, 0.2) is 0 Å². The van der Waals surface area contributed by atoms with Crippen LogP contribution in [0.2, 0.25) is 0 Å². The van der Waals surface area contributed by atoms with Crippen LogP contribution in [-0.2, 0) is 4.79 Å². The molecule has 0 aliphatic carbocycles. The Morgan fingerprint density at radius 1 is 1.14 bits per heavy atom. The van der Waals surface area contributed by atoms with Crippen molar-refractivity contribution in [2.45, 2.75) is 11.9 Å². The van der Waals surface area contributed by atoms with Crippen molar-refractivity contribution in [2.24, 2.45) is 0 Å². The molecule has 0 unspecified atom stereocenters. The summed E-state index contributed by atoms with van der Waals surface area (Å²) in [6, 6.07) is 15.4. The summed E-state index contributed by atoms with van der Waals surface area (Å²) in [6.45, 7) is 1.99. The van der Waals surface area contributed by atoms with Gasteiger partial charge < -0.3 is 5.32 Å². The number of halogens is 1. The number of aryl methyl sites for hydroxylation is 1. The Bertz CT molecular complexity index is 1110. The molecule has 1 amide bonds. The van der Waals surface area contributed by atoms with Crippen molar-refractivity contribution in [2.75, 3.05) is 11.1 Å². The second-order valence-electron chi connectivity index (χ2n) is 6.01. The van der Waals surface area contributed by atoms with Crippen molar-refractivity contribution in [3.8, 4) is 20.5 Å². The normalized spacial score (nSPS) is 10.8. The fourth-order valence-corrected chi connectivity index (χ4v) is 5.23. The Morgan fingerprint density at radius 2 is 1.97 bits per heavy atom. The molecule has 0 aliphatic heterocycles. The number of carbonyl (C=O) groups is 1. The highest BCUT2D eigenvalue weighted by Gasteiger charge is 2.14. The number of rotatable bonds is 6. The van der Waals surface area contributed by atoms with Crippen molar-refractivity contribution in [3.63, 3.8) is 0 Å². The Balaban J connectivity index is 1.38. The average Bonchev–Trinajstić information content (AvgIpc) is 3.38. The van der Waals surface area contributed by atoms with Gasteiger partial charge in [-0.1, -0.05) is 33.8 Å². The van der Waals surface area contributed by atoms with Gasteiger partial charge in [0.1, 0.15) is 15.7 Å². The first-order chi connectivity index (χ1) is 14.1. The molecule has 4 aromatic rings. The zero-order valence-corrected chi connectivity index (χ0v) is 19.3. The molecular formula is C20H15BrN4OS3. The van der Waals surface area contributed by atoms with Crippen molar-refractivity contribution < 1.29 is 4.79 Å². The van der Waals surface area contributed by atoms with Crippen LogP contribution in [0.3, 0.4) is 0 Å². The number of aromatic nitrogens is 3. The number of thiazole rings is 1. The molecule has 0 atom stereocenters.